The Morgan fingerprint density at radius 1 is 1.11 bits per heavy atom. The van der Waals surface area contributed by atoms with E-state index in [9.17, 15) is 13.5 Å². The van der Waals surface area contributed by atoms with Crippen LogP contribution < -0.4 is 10.2 Å². The number of aliphatic hydroxyl groups is 1. The first kappa shape index (κ1) is 19.7. The molecule has 0 aromatic heterocycles. The van der Waals surface area contributed by atoms with Gasteiger partial charge in [-0.25, -0.2) is 12.7 Å². The molecule has 6 nitrogen and oxygen atoms in total. The highest BCUT2D eigenvalue weighted by atomic mass is 32.2. The zero-order chi connectivity index (χ0) is 19.4. The summed E-state index contributed by atoms with van der Waals surface area (Å²) in [6, 6.07) is 15.1. The fraction of sp³-hybridized carbons (Fsp3) is 0.400. The zero-order valence-electron chi connectivity index (χ0n) is 15.8. The highest BCUT2D eigenvalue weighted by Crippen LogP contribution is 2.29. The van der Waals surface area contributed by atoms with Crippen molar-refractivity contribution in [3.8, 4) is 0 Å². The summed E-state index contributed by atoms with van der Waals surface area (Å²) in [6.07, 6.45) is 1.35. The molecule has 0 radical (unpaired) electrons. The van der Waals surface area contributed by atoms with Gasteiger partial charge >= 0.3 is 0 Å². The van der Waals surface area contributed by atoms with Crippen LogP contribution in [0.5, 0.6) is 0 Å². The molecular formula is C20H27N3O3S. The molecule has 0 saturated carbocycles. The molecule has 0 aliphatic carbocycles. The fourth-order valence-electron chi connectivity index (χ4n) is 3.23. The molecule has 2 aromatic carbocycles. The van der Waals surface area contributed by atoms with Crippen LogP contribution in [0.2, 0.25) is 0 Å². The van der Waals surface area contributed by atoms with E-state index >= 15 is 0 Å². The number of hydrogen-bond acceptors (Lipinski definition) is 5. The lowest BCUT2D eigenvalue weighted by molar-refractivity contribution is 0.145. The summed E-state index contributed by atoms with van der Waals surface area (Å²) >= 11 is 0. The van der Waals surface area contributed by atoms with Crippen molar-refractivity contribution < 1.29 is 13.5 Å². The van der Waals surface area contributed by atoms with Crippen LogP contribution in [0.15, 0.2) is 53.4 Å². The van der Waals surface area contributed by atoms with Gasteiger partial charge in [-0.05, 0) is 42.7 Å². The van der Waals surface area contributed by atoms with Gasteiger partial charge in [0.2, 0.25) is 10.0 Å². The van der Waals surface area contributed by atoms with Crippen molar-refractivity contribution in [2.45, 2.75) is 30.4 Å². The van der Waals surface area contributed by atoms with E-state index in [1.54, 1.807) is 18.2 Å². The van der Waals surface area contributed by atoms with E-state index < -0.39 is 10.0 Å². The van der Waals surface area contributed by atoms with Crippen LogP contribution in [0.25, 0.3) is 0 Å². The third-order valence-corrected chi connectivity index (χ3v) is 6.68. The number of piperidine rings is 1. The van der Waals surface area contributed by atoms with Crippen LogP contribution in [0, 0.1) is 0 Å². The third-order valence-electron chi connectivity index (χ3n) is 4.87. The highest BCUT2D eigenvalue weighted by Gasteiger charge is 2.20. The van der Waals surface area contributed by atoms with Crippen molar-refractivity contribution in [1.29, 1.82) is 0 Å². The Kier molecular flexibility index (Phi) is 6.04. The maximum Gasteiger partial charge on any atom is 0.242 e. The van der Waals surface area contributed by atoms with E-state index in [-0.39, 0.29) is 6.10 Å². The lowest BCUT2D eigenvalue weighted by Crippen LogP contribution is -2.36. The molecule has 1 heterocycles. The van der Waals surface area contributed by atoms with E-state index in [2.05, 4.69) is 16.3 Å². The molecule has 1 saturated heterocycles. The normalized spacial score (nSPS) is 15.9. The van der Waals surface area contributed by atoms with Gasteiger partial charge in [0, 0.05) is 33.7 Å². The number of nitrogens with one attached hydrogen (secondary N) is 1. The quantitative estimate of drug-likeness (QED) is 0.794. The molecule has 7 heteroatoms. The Hall–Kier alpha value is -2.09. The molecule has 2 aromatic rings. The van der Waals surface area contributed by atoms with Crippen molar-refractivity contribution in [2.24, 2.45) is 0 Å². The molecular weight excluding hydrogens is 362 g/mol. The number of aliphatic hydroxyl groups excluding tert-OH is 1. The monoisotopic (exact) mass is 389 g/mol. The topological polar surface area (TPSA) is 72.9 Å². The van der Waals surface area contributed by atoms with Crippen LogP contribution >= 0.6 is 0 Å². The van der Waals surface area contributed by atoms with Crippen molar-refractivity contribution in [3.63, 3.8) is 0 Å². The Labute approximate surface area is 161 Å². The summed E-state index contributed by atoms with van der Waals surface area (Å²) in [6.45, 7) is 2.19. The number of para-hydroxylation sites is 2. The summed E-state index contributed by atoms with van der Waals surface area (Å²) in [5, 5.41) is 13.2. The van der Waals surface area contributed by atoms with Crippen molar-refractivity contribution >= 4 is 21.4 Å². The average molecular weight is 390 g/mol. The number of sulfonamides is 1. The van der Waals surface area contributed by atoms with E-state index in [1.807, 2.05) is 24.3 Å². The molecule has 27 heavy (non-hydrogen) atoms. The molecule has 1 fully saturated rings. The first-order valence-electron chi connectivity index (χ1n) is 9.15. The SMILES string of the molecule is CN(C)S(=O)(=O)c1cccc(CNc2ccccc2N2CCC(O)CC2)c1. The maximum atomic E-state index is 12.3. The van der Waals surface area contributed by atoms with Crippen molar-refractivity contribution in [3.05, 3.63) is 54.1 Å². The lowest BCUT2D eigenvalue weighted by Gasteiger charge is -2.33. The van der Waals surface area contributed by atoms with Crippen LogP contribution in [0.3, 0.4) is 0 Å². The Morgan fingerprint density at radius 2 is 1.81 bits per heavy atom. The summed E-state index contributed by atoms with van der Waals surface area (Å²) in [5.41, 5.74) is 3.03. The maximum absolute atomic E-state index is 12.3. The van der Waals surface area contributed by atoms with Gasteiger partial charge in [0.25, 0.3) is 0 Å². The number of rotatable bonds is 6. The van der Waals surface area contributed by atoms with Gasteiger partial charge in [0.05, 0.1) is 22.4 Å². The van der Waals surface area contributed by atoms with Crippen LogP contribution in [0.4, 0.5) is 11.4 Å². The minimum absolute atomic E-state index is 0.206. The predicted molar refractivity (Wildman–Crippen MR) is 109 cm³/mol. The summed E-state index contributed by atoms with van der Waals surface area (Å²) in [4.78, 5) is 2.58. The second-order valence-corrected chi connectivity index (χ2v) is 9.18. The number of anilines is 2. The summed E-state index contributed by atoms with van der Waals surface area (Å²) < 4.78 is 25.9. The largest absolute Gasteiger partial charge is 0.393 e. The number of hydrogen-bond donors (Lipinski definition) is 2. The third kappa shape index (κ3) is 4.61. The summed E-state index contributed by atoms with van der Waals surface area (Å²) in [5.74, 6) is 0. The molecule has 1 aliphatic heterocycles. The number of nitrogens with zero attached hydrogens (tertiary/aromatic N) is 2. The van der Waals surface area contributed by atoms with Crippen LogP contribution in [0.1, 0.15) is 18.4 Å². The fourth-order valence-corrected chi connectivity index (χ4v) is 4.20. The average Bonchev–Trinajstić information content (AvgIpc) is 2.67. The Balaban J connectivity index is 1.75. The molecule has 0 atom stereocenters. The Morgan fingerprint density at radius 3 is 2.52 bits per heavy atom. The standard InChI is InChI=1S/C20H27N3O3S/c1-22(2)27(25,26)18-7-5-6-16(14-18)15-21-19-8-3-4-9-20(19)23-12-10-17(24)11-13-23/h3-9,14,17,21,24H,10-13,15H2,1-2H3. The molecule has 1 aliphatic rings. The van der Waals surface area contributed by atoms with Gasteiger partial charge in [0.1, 0.15) is 0 Å². The van der Waals surface area contributed by atoms with Gasteiger partial charge in [-0.1, -0.05) is 24.3 Å². The number of benzene rings is 2. The minimum atomic E-state index is -3.44. The van der Waals surface area contributed by atoms with E-state index in [1.165, 1.54) is 18.4 Å². The smallest absolute Gasteiger partial charge is 0.242 e. The molecule has 2 N–H and O–H groups in total. The predicted octanol–water partition coefficient (Wildman–Crippen LogP) is 2.51. The second kappa shape index (κ2) is 8.29. The first-order chi connectivity index (χ1) is 12.9. The molecule has 0 unspecified atom stereocenters. The van der Waals surface area contributed by atoms with Gasteiger partial charge in [-0.2, -0.15) is 0 Å². The van der Waals surface area contributed by atoms with Crippen LogP contribution in [-0.2, 0) is 16.6 Å². The molecule has 0 amide bonds. The van der Waals surface area contributed by atoms with Crippen molar-refractivity contribution in [2.75, 3.05) is 37.4 Å². The zero-order valence-corrected chi connectivity index (χ0v) is 16.6. The van der Waals surface area contributed by atoms with Crippen molar-refractivity contribution in [1.82, 2.24) is 4.31 Å². The van der Waals surface area contributed by atoms with E-state index in [0.717, 1.165) is 42.9 Å². The molecule has 3 rings (SSSR count). The molecule has 0 bridgehead atoms. The van der Waals surface area contributed by atoms with E-state index in [4.69, 9.17) is 0 Å². The van der Waals surface area contributed by atoms with Gasteiger partial charge in [-0.3, -0.25) is 0 Å². The second-order valence-electron chi connectivity index (χ2n) is 7.02. The van der Waals surface area contributed by atoms with Gasteiger partial charge < -0.3 is 15.3 Å². The molecule has 146 valence electrons. The highest BCUT2D eigenvalue weighted by molar-refractivity contribution is 7.89. The lowest BCUT2D eigenvalue weighted by atomic mass is 10.1. The van der Waals surface area contributed by atoms with Gasteiger partial charge in [-0.15, -0.1) is 0 Å². The van der Waals surface area contributed by atoms with Crippen LogP contribution in [-0.4, -0.2) is 51.1 Å². The van der Waals surface area contributed by atoms with E-state index in [0.29, 0.717) is 11.4 Å². The van der Waals surface area contributed by atoms with Gasteiger partial charge in [0.15, 0.2) is 0 Å². The Bertz CT molecular complexity index is 876. The first-order valence-corrected chi connectivity index (χ1v) is 10.6. The molecule has 0 spiro atoms. The minimum Gasteiger partial charge on any atom is -0.393 e. The summed E-state index contributed by atoms with van der Waals surface area (Å²) in [7, 11) is -0.372.